The predicted octanol–water partition coefficient (Wildman–Crippen LogP) is 2.04. The van der Waals surface area contributed by atoms with E-state index >= 15 is 0 Å². The molecule has 17 heavy (non-hydrogen) atoms. The van der Waals surface area contributed by atoms with Crippen molar-refractivity contribution in [3.05, 3.63) is 29.3 Å². The van der Waals surface area contributed by atoms with Crippen LogP contribution in [0.15, 0.2) is 12.1 Å². The van der Waals surface area contributed by atoms with Crippen LogP contribution < -0.4 is 4.90 Å². The fourth-order valence-corrected chi connectivity index (χ4v) is 1.36. The second-order valence-corrected chi connectivity index (χ2v) is 4.43. The second kappa shape index (κ2) is 4.68. The molecule has 0 amide bonds. The lowest BCUT2D eigenvalue weighted by Crippen LogP contribution is -2.45. The van der Waals surface area contributed by atoms with Gasteiger partial charge in [-0.2, -0.15) is 5.26 Å². The van der Waals surface area contributed by atoms with Gasteiger partial charge in [0, 0.05) is 7.05 Å². The first-order valence-corrected chi connectivity index (χ1v) is 5.07. The molecule has 1 rings (SSSR count). The van der Waals surface area contributed by atoms with Gasteiger partial charge in [-0.25, -0.2) is 8.78 Å². The molecule has 0 fully saturated rings. The van der Waals surface area contributed by atoms with Crippen molar-refractivity contribution in [3.8, 4) is 6.07 Å². The summed E-state index contributed by atoms with van der Waals surface area (Å²) in [5.74, 6) is -1.63. The molecule has 0 aliphatic carbocycles. The molecule has 0 saturated heterocycles. The average molecular weight is 240 g/mol. The SMILES string of the molecule is CN(c1c(F)cc(C#N)cc1F)C(C)(C)CO. The minimum atomic E-state index is -0.814. The van der Waals surface area contributed by atoms with Crippen molar-refractivity contribution in [2.45, 2.75) is 19.4 Å². The molecule has 0 aromatic heterocycles. The number of rotatable bonds is 3. The Hall–Kier alpha value is -1.67. The standard InChI is InChI=1S/C12H14F2N2O/c1-12(2,7-17)16(3)11-9(13)4-8(6-15)5-10(11)14/h4-5,17H,7H2,1-3H3. The minimum absolute atomic E-state index is 0.0704. The number of anilines is 1. The number of benzene rings is 1. The maximum absolute atomic E-state index is 13.7. The zero-order chi connectivity index (χ0) is 13.2. The number of likely N-dealkylation sites (N-methyl/N-ethyl adjacent to an activating group) is 1. The van der Waals surface area contributed by atoms with E-state index < -0.39 is 17.2 Å². The maximum Gasteiger partial charge on any atom is 0.150 e. The van der Waals surface area contributed by atoms with Gasteiger partial charge in [0.05, 0.1) is 23.8 Å². The molecule has 0 spiro atoms. The van der Waals surface area contributed by atoms with Crippen molar-refractivity contribution in [1.82, 2.24) is 0 Å². The number of hydrogen-bond acceptors (Lipinski definition) is 3. The van der Waals surface area contributed by atoms with Crippen LogP contribution in [0.3, 0.4) is 0 Å². The normalized spacial score (nSPS) is 11.1. The van der Waals surface area contributed by atoms with Crippen molar-refractivity contribution < 1.29 is 13.9 Å². The van der Waals surface area contributed by atoms with Gasteiger partial charge in [-0.1, -0.05) is 0 Å². The molecule has 0 radical (unpaired) electrons. The van der Waals surface area contributed by atoms with Crippen molar-refractivity contribution in [1.29, 1.82) is 5.26 Å². The van der Waals surface area contributed by atoms with Gasteiger partial charge in [0.1, 0.15) is 5.69 Å². The summed E-state index contributed by atoms with van der Waals surface area (Å²) in [4.78, 5) is 1.32. The zero-order valence-electron chi connectivity index (χ0n) is 9.96. The summed E-state index contributed by atoms with van der Waals surface area (Å²) in [6.07, 6.45) is 0. The smallest absolute Gasteiger partial charge is 0.150 e. The van der Waals surface area contributed by atoms with Crippen molar-refractivity contribution >= 4 is 5.69 Å². The quantitative estimate of drug-likeness (QED) is 0.879. The van der Waals surface area contributed by atoms with Crippen LogP contribution in [-0.4, -0.2) is 24.3 Å². The molecule has 1 N–H and O–H groups in total. The number of nitrogens with zero attached hydrogens (tertiary/aromatic N) is 2. The van der Waals surface area contributed by atoms with Gasteiger partial charge < -0.3 is 10.0 Å². The molecule has 92 valence electrons. The maximum atomic E-state index is 13.7. The van der Waals surface area contributed by atoms with E-state index in [1.807, 2.05) is 0 Å². The summed E-state index contributed by atoms with van der Waals surface area (Å²) in [6, 6.07) is 3.63. The van der Waals surface area contributed by atoms with E-state index in [4.69, 9.17) is 10.4 Å². The Morgan fingerprint density at radius 2 is 1.82 bits per heavy atom. The molecule has 0 saturated carbocycles. The van der Waals surface area contributed by atoms with Gasteiger partial charge in [-0.05, 0) is 26.0 Å². The number of hydrogen-bond donors (Lipinski definition) is 1. The average Bonchev–Trinajstić information content (AvgIpc) is 2.27. The van der Waals surface area contributed by atoms with Crippen LogP contribution in [0.2, 0.25) is 0 Å². The third-order valence-corrected chi connectivity index (χ3v) is 2.78. The van der Waals surface area contributed by atoms with Crippen LogP contribution >= 0.6 is 0 Å². The van der Waals surface area contributed by atoms with Crippen LogP contribution in [0.25, 0.3) is 0 Å². The summed E-state index contributed by atoms with van der Waals surface area (Å²) in [6.45, 7) is 3.07. The number of aliphatic hydroxyl groups is 1. The first-order chi connectivity index (χ1) is 7.83. The van der Waals surface area contributed by atoms with Gasteiger partial charge in [0.25, 0.3) is 0 Å². The lowest BCUT2D eigenvalue weighted by molar-refractivity contribution is 0.215. The fraction of sp³-hybridized carbons (Fsp3) is 0.417. The molecule has 1 aromatic carbocycles. The third kappa shape index (κ3) is 2.53. The monoisotopic (exact) mass is 240 g/mol. The molecule has 0 bridgehead atoms. The van der Waals surface area contributed by atoms with Gasteiger partial charge in [-0.15, -0.1) is 0 Å². The summed E-state index contributed by atoms with van der Waals surface area (Å²) < 4.78 is 27.4. The molecule has 0 aliphatic heterocycles. The van der Waals surface area contributed by atoms with Crippen molar-refractivity contribution in [3.63, 3.8) is 0 Å². The van der Waals surface area contributed by atoms with E-state index in [9.17, 15) is 8.78 Å². The van der Waals surface area contributed by atoms with Crippen molar-refractivity contribution in [2.24, 2.45) is 0 Å². The third-order valence-electron chi connectivity index (χ3n) is 2.78. The first-order valence-electron chi connectivity index (χ1n) is 5.07. The highest BCUT2D eigenvalue weighted by Gasteiger charge is 2.27. The van der Waals surface area contributed by atoms with E-state index in [-0.39, 0.29) is 17.9 Å². The number of nitriles is 1. The van der Waals surface area contributed by atoms with E-state index in [0.717, 1.165) is 12.1 Å². The van der Waals surface area contributed by atoms with Gasteiger partial charge >= 0.3 is 0 Å². The topological polar surface area (TPSA) is 47.3 Å². The molecule has 0 unspecified atom stereocenters. The largest absolute Gasteiger partial charge is 0.394 e. The summed E-state index contributed by atoms with van der Waals surface area (Å²) >= 11 is 0. The summed E-state index contributed by atoms with van der Waals surface area (Å²) in [7, 11) is 1.49. The predicted molar refractivity (Wildman–Crippen MR) is 60.6 cm³/mol. The van der Waals surface area contributed by atoms with E-state index in [2.05, 4.69) is 0 Å². The Morgan fingerprint density at radius 1 is 1.35 bits per heavy atom. The van der Waals surface area contributed by atoms with Crippen LogP contribution in [0.4, 0.5) is 14.5 Å². The van der Waals surface area contributed by atoms with E-state index in [1.165, 1.54) is 11.9 Å². The molecule has 0 heterocycles. The molecule has 5 heteroatoms. The van der Waals surface area contributed by atoms with Gasteiger partial charge in [-0.3, -0.25) is 0 Å². The molecule has 1 aromatic rings. The summed E-state index contributed by atoms with van der Waals surface area (Å²) in [5, 5.41) is 17.8. The lowest BCUT2D eigenvalue weighted by Gasteiger charge is -2.36. The number of halogens is 2. The molecule has 0 atom stereocenters. The highest BCUT2D eigenvalue weighted by Crippen LogP contribution is 2.28. The molecular formula is C12H14F2N2O. The molecule has 3 nitrogen and oxygen atoms in total. The Balaban J connectivity index is 3.29. The Labute approximate surface area is 98.9 Å². The zero-order valence-corrected chi connectivity index (χ0v) is 9.96. The molecule has 0 aliphatic rings. The fourth-order valence-electron chi connectivity index (χ4n) is 1.36. The van der Waals surface area contributed by atoms with E-state index in [0.29, 0.717) is 0 Å². The highest BCUT2D eigenvalue weighted by molar-refractivity contribution is 5.53. The van der Waals surface area contributed by atoms with Crippen LogP contribution in [-0.2, 0) is 0 Å². The van der Waals surface area contributed by atoms with Crippen LogP contribution in [0.1, 0.15) is 19.4 Å². The Bertz CT molecular complexity index is 443. The van der Waals surface area contributed by atoms with Crippen molar-refractivity contribution in [2.75, 3.05) is 18.6 Å². The van der Waals surface area contributed by atoms with E-state index in [1.54, 1.807) is 19.9 Å². The molecular weight excluding hydrogens is 226 g/mol. The van der Waals surface area contributed by atoms with Gasteiger partial charge in [0.2, 0.25) is 0 Å². The number of aliphatic hydroxyl groups excluding tert-OH is 1. The summed E-state index contributed by atoms with van der Waals surface area (Å²) in [5.41, 5.74) is -1.11. The highest BCUT2D eigenvalue weighted by atomic mass is 19.1. The minimum Gasteiger partial charge on any atom is -0.394 e. The Kier molecular flexibility index (Phi) is 3.69. The Morgan fingerprint density at radius 3 is 2.18 bits per heavy atom. The van der Waals surface area contributed by atoms with Crippen LogP contribution in [0.5, 0.6) is 0 Å². The van der Waals surface area contributed by atoms with Crippen LogP contribution in [0, 0.1) is 23.0 Å². The second-order valence-electron chi connectivity index (χ2n) is 4.43. The lowest BCUT2D eigenvalue weighted by atomic mass is 10.0. The first kappa shape index (κ1) is 13.4. The van der Waals surface area contributed by atoms with Gasteiger partial charge in [0.15, 0.2) is 11.6 Å².